The Morgan fingerprint density at radius 2 is 2.20 bits per heavy atom. The zero-order chi connectivity index (χ0) is 17.8. The highest BCUT2D eigenvalue weighted by Gasteiger charge is 2.14. The lowest BCUT2D eigenvalue weighted by atomic mass is 10.1. The maximum atomic E-state index is 13.5. The van der Waals surface area contributed by atoms with Crippen molar-refractivity contribution in [2.45, 2.75) is 26.8 Å². The minimum absolute atomic E-state index is 0.139. The van der Waals surface area contributed by atoms with Crippen molar-refractivity contribution in [3.63, 3.8) is 0 Å². The molecule has 3 aromatic rings. The number of carbonyl (C=O) groups is 1. The van der Waals surface area contributed by atoms with Crippen molar-refractivity contribution >= 4 is 16.8 Å². The monoisotopic (exact) mass is 341 g/mol. The van der Waals surface area contributed by atoms with Gasteiger partial charge in [0.05, 0.1) is 13.0 Å². The van der Waals surface area contributed by atoms with E-state index in [0.717, 1.165) is 27.7 Å². The van der Waals surface area contributed by atoms with E-state index in [4.69, 9.17) is 4.74 Å². The Kier molecular flexibility index (Phi) is 4.97. The number of ether oxygens (including phenoxy) is 1. The first-order valence-corrected chi connectivity index (χ1v) is 8.18. The SMILES string of the molecule is CCOc1ncccc1CNC(=O)Cc1c(C)[nH]c2ccc(F)cc12. The molecule has 1 aromatic carbocycles. The first-order chi connectivity index (χ1) is 12.1. The fourth-order valence-corrected chi connectivity index (χ4v) is 2.82. The minimum atomic E-state index is -0.315. The van der Waals surface area contributed by atoms with E-state index in [0.29, 0.717) is 19.0 Å². The second-order valence-corrected chi connectivity index (χ2v) is 5.77. The highest BCUT2D eigenvalue weighted by Crippen LogP contribution is 2.23. The van der Waals surface area contributed by atoms with Crippen LogP contribution in [0.1, 0.15) is 23.7 Å². The number of amides is 1. The second kappa shape index (κ2) is 7.34. The van der Waals surface area contributed by atoms with Crippen LogP contribution in [0.5, 0.6) is 5.88 Å². The van der Waals surface area contributed by atoms with Gasteiger partial charge in [-0.25, -0.2) is 9.37 Å². The molecule has 130 valence electrons. The third-order valence-corrected chi connectivity index (χ3v) is 4.03. The molecule has 1 amide bonds. The number of carbonyl (C=O) groups excluding carboxylic acids is 1. The van der Waals surface area contributed by atoms with Gasteiger partial charge in [-0.1, -0.05) is 6.07 Å². The van der Waals surface area contributed by atoms with Crippen molar-refractivity contribution in [1.29, 1.82) is 0 Å². The van der Waals surface area contributed by atoms with Crippen molar-refractivity contribution in [3.05, 3.63) is 59.2 Å². The summed E-state index contributed by atoms with van der Waals surface area (Å²) in [5.74, 6) is 0.0695. The zero-order valence-corrected chi connectivity index (χ0v) is 14.2. The molecular weight excluding hydrogens is 321 g/mol. The van der Waals surface area contributed by atoms with E-state index >= 15 is 0 Å². The van der Waals surface area contributed by atoms with Crippen molar-refractivity contribution in [3.8, 4) is 5.88 Å². The lowest BCUT2D eigenvalue weighted by Gasteiger charge is -2.10. The highest BCUT2D eigenvalue weighted by molar-refractivity contribution is 5.90. The molecule has 0 spiro atoms. The fourth-order valence-electron chi connectivity index (χ4n) is 2.82. The number of fused-ring (bicyclic) bond motifs is 1. The lowest BCUT2D eigenvalue weighted by molar-refractivity contribution is -0.120. The molecule has 6 heteroatoms. The van der Waals surface area contributed by atoms with Gasteiger partial charge in [0.1, 0.15) is 5.82 Å². The molecular formula is C19H20FN3O2. The summed E-state index contributed by atoms with van der Waals surface area (Å²) in [5, 5.41) is 3.62. The molecule has 0 aliphatic rings. The van der Waals surface area contributed by atoms with Crippen LogP contribution in [0.2, 0.25) is 0 Å². The number of pyridine rings is 1. The van der Waals surface area contributed by atoms with Gasteiger partial charge in [0, 0.05) is 34.9 Å². The largest absolute Gasteiger partial charge is 0.478 e. The summed E-state index contributed by atoms with van der Waals surface area (Å²) in [7, 11) is 0. The first-order valence-electron chi connectivity index (χ1n) is 8.18. The smallest absolute Gasteiger partial charge is 0.224 e. The van der Waals surface area contributed by atoms with Crippen LogP contribution in [0.25, 0.3) is 10.9 Å². The standard InChI is InChI=1S/C19H20FN3O2/c1-3-25-19-13(5-4-8-21-19)11-22-18(24)10-15-12(2)23-17-7-6-14(20)9-16(15)17/h4-9,23H,3,10-11H2,1-2H3,(H,22,24). The van der Waals surface area contributed by atoms with Gasteiger partial charge >= 0.3 is 0 Å². The normalized spacial score (nSPS) is 10.8. The van der Waals surface area contributed by atoms with E-state index in [1.807, 2.05) is 19.9 Å². The number of hydrogen-bond acceptors (Lipinski definition) is 3. The summed E-state index contributed by atoms with van der Waals surface area (Å²) in [6.07, 6.45) is 1.83. The van der Waals surface area contributed by atoms with E-state index in [1.54, 1.807) is 18.3 Å². The van der Waals surface area contributed by atoms with Gasteiger partial charge in [-0.3, -0.25) is 4.79 Å². The van der Waals surface area contributed by atoms with Crippen molar-refractivity contribution in [2.75, 3.05) is 6.61 Å². The number of nitrogens with one attached hydrogen (secondary N) is 2. The zero-order valence-electron chi connectivity index (χ0n) is 14.2. The summed E-state index contributed by atoms with van der Waals surface area (Å²) in [4.78, 5) is 19.7. The lowest BCUT2D eigenvalue weighted by Crippen LogP contribution is -2.25. The molecule has 5 nitrogen and oxygen atoms in total. The summed E-state index contributed by atoms with van der Waals surface area (Å²) in [6, 6.07) is 8.21. The predicted molar refractivity (Wildman–Crippen MR) is 94.0 cm³/mol. The Hall–Kier alpha value is -2.89. The summed E-state index contributed by atoms with van der Waals surface area (Å²) in [5.41, 5.74) is 3.32. The van der Waals surface area contributed by atoms with E-state index in [9.17, 15) is 9.18 Å². The number of rotatable bonds is 6. The Labute approximate surface area is 145 Å². The number of nitrogens with zero attached hydrogens (tertiary/aromatic N) is 1. The number of aryl methyl sites for hydroxylation is 1. The third-order valence-electron chi connectivity index (χ3n) is 4.03. The molecule has 0 atom stereocenters. The summed E-state index contributed by atoms with van der Waals surface area (Å²) in [6.45, 7) is 4.61. The Morgan fingerprint density at radius 3 is 3.00 bits per heavy atom. The topological polar surface area (TPSA) is 67.0 Å². The molecule has 0 unspecified atom stereocenters. The average Bonchev–Trinajstić information content (AvgIpc) is 2.90. The molecule has 25 heavy (non-hydrogen) atoms. The fraction of sp³-hybridized carbons (Fsp3) is 0.263. The van der Waals surface area contributed by atoms with E-state index in [-0.39, 0.29) is 18.1 Å². The number of halogens is 1. The van der Waals surface area contributed by atoms with Crippen LogP contribution in [0, 0.1) is 12.7 Å². The number of benzene rings is 1. The van der Waals surface area contributed by atoms with Crippen LogP contribution in [-0.4, -0.2) is 22.5 Å². The quantitative estimate of drug-likeness (QED) is 0.723. The second-order valence-electron chi connectivity index (χ2n) is 5.77. The Balaban J connectivity index is 1.71. The molecule has 0 fully saturated rings. The molecule has 2 N–H and O–H groups in total. The van der Waals surface area contributed by atoms with Crippen LogP contribution in [0.3, 0.4) is 0 Å². The van der Waals surface area contributed by atoms with Crippen molar-refractivity contribution in [1.82, 2.24) is 15.3 Å². The van der Waals surface area contributed by atoms with Gasteiger partial charge in [-0.15, -0.1) is 0 Å². The third kappa shape index (κ3) is 3.79. The maximum Gasteiger partial charge on any atom is 0.224 e. The molecule has 3 rings (SSSR count). The van der Waals surface area contributed by atoms with Crippen molar-refractivity contribution in [2.24, 2.45) is 0 Å². The number of aromatic amines is 1. The van der Waals surface area contributed by atoms with Gasteiger partial charge in [0.15, 0.2) is 0 Å². The van der Waals surface area contributed by atoms with Crippen molar-refractivity contribution < 1.29 is 13.9 Å². The molecule has 0 bridgehead atoms. The van der Waals surface area contributed by atoms with Gasteiger partial charge < -0.3 is 15.0 Å². The minimum Gasteiger partial charge on any atom is -0.478 e. The molecule has 2 heterocycles. The summed E-state index contributed by atoms with van der Waals surface area (Å²) >= 11 is 0. The molecule has 0 aliphatic carbocycles. The van der Waals surface area contributed by atoms with E-state index < -0.39 is 0 Å². The van der Waals surface area contributed by atoms with E-state index in [2.05, 4.69) is 15.3 Å². The summed E-state index contributed by atoms with van der Waals surface area (Å²) < 4.78 is 19.0. The molecule has 2 aromatic heterocycles. The molecule has 0 radical (unpaired) electrons. The van der Waals surface area contributed by atoms with Crippen LogP contribution in [-0.2, 0) is 17.8 Å². The number of hydrogen-bond donors (Lipinski definition) is 2. The molecule has 0 saturated heterocycles. The predicted octanol–water partition coefficient (Wildman–Crippen LogP) is 3.27. The van der Waals surface area contributed by atoms with Gasteiger partial charge in [0.25, 0.3) is 0 Å². The van der Waals surface area contributed by atoms with Crippen LogP contribution in [0.15, 0.2) is 36.5 Å². The van der Waals surface area contributed by atoms with Gasteiger partial charge in [-0.2, -0.15) is 0 Å². The van der Waals surface area contributed by atoms with E-state index in [1.165, 1.54) is 12.1 Å². The Bertz CT molecular complexity index is 905. The van der Waals surface area contributed by atoms with Gasteiger partial charge in [-0.05, 0) is 43.7 Å². The molecule has 0 saturated carbocycles. The van der Waals surface area contributed by atoms with Crippen LogP contribution < -0.4 is 10.1 Å². The Morgan fingerprint density at radius 1 is 1.36 bits per heavy atom. The van der Waals surface area contributed by atoms with Crippen LogP contribution >= 0.6 is 0 Å². The maximum absolute atomic E-state index is 13.5. The number of H-pyrrole nitrogens is 1. The first kappa shape index (κ1) is 17.0. The molecule has 0 aliphatic heterocycles. The van der Waals surface area contributed by atoms with Crippen LogP contribution in [0.4, 0.5) is 4.39 Å². The average molecular weight is 341 g/mol. The van der Waals surface area contributed by atoms with Gasteiger partial charge in [0.2, 0.25) is 11.8 Å². The highest BCUT2D eigenvalue weighted by atomic mass is 19.1. The number of aromatic nitrogens is 2.